The zero-order valence-corrected chi connectivity index (χ0v) is 12.7. The summed E-state index contributed by atoms with van der Waals surface area (Å²) in [4.78, 5) is 14.5. The first-order valence-electron chi connectivity index (χ1n) is 7.30. The van der Waals surface area contributed by atoms with Crippen LogP contribution < -0.4 is 0 Å². The first kappa shape index (κ1) is 15.5. The van der Waals surface area contributed by atoms with Crippen LogP contribution >= 0.6 is 0 Å². The number of nitrogens with zero attached hydrogens (tertiary/aromatic N) is 1. The van der Waals surface area contributed by atoms with E-state index in [4.69, 9.17) is 4.74 Å². The predicted molar refractivity (Wildman–Crippen MR) is 74.5 cm³/mol. The lowest BCUT2D eigenvalue weighted by Crippen LogP contribution is -2.42. The van der Waals surface area contributed by atoms with Gasteiger partial charge < -0.3 is 4.74 Å². The summed E-state index contributed by atoms with van der Waals surface area (Å²) >= 11 is 0. The summed E-state index contributed by atoms with van der Waals surface area (Å²) in [5.74, 6) is 0.627. The molecule has 0 N–H and O–H groups in total. The van der Waals surface area contributed by atoms with Crippen LogP contribution in [0.4, 0.5) is 0 Å². The van der Waals surface area contributed by atoms with Crippen LogP contribution in [0.2, 0.25) is 0 Å². The Balaban J connectivity index is 2.51. The van der Waals surface area contributed by atoms with Gasteiger partial charge in [0.05, 0.1) is 0 Å². The number of likely N-dealkylation sites (tertiary alicyclic amines) is 1. The molecule has 0 spiro atoms. The quantitative estimate of drug-likeness (QED) is 0.706. The summed E-state index contributed by atoms with van der Waals surface area (Å²) in [5.41, 5.74) is -0.375. The number of hydrogen-bond donors (Lipinski definition) is 0. The summed E-state index contributed by atoms with van der Waals surface area (Å²) in [6.07, 6.45) is 4.51. The molecule has 106 valence electrons. The molecular formula is C15H29NO2. The van der Waals surface area contributed by atoms with Gasteiger partial charge in [0.15, 0.2) is 0 Å². The number of carbonyl (C=O) groups is 1. The van der Waals surface area contributed by atoms with Crippen LogP contribution in [0.15, 0.2) is 0 Å². The van der Waals surface area contributed by atoms with E-state index in [9.17, 15) is 4.79 Å². The normalized spacial score (nSPS) is 23.1. The maximum atomic E-state index is 12.1. The molecular weight excluding hydrogens is 226 g/mol. The van der Waals surface area contributed by atoms with Crippen molar-refractivity contribution >= 4 is 5.97 Å². The highest BCUT2D eigenvalue weighted by molar-refractivity contribution is 5.76. The van der Waals surface area contributed by atoms with E-state index in [-0.39, 0.29) is 17.6 Å². The Labute approximate surface area is 112 Å². The SMILES string of the molecule is CCCC(C)CN1CCC[C@@H]1C(=O)OC(C)(C)C. The number of esters is 1. The molecule has 1 fully saturated rings. The van der Waals surface area contributed by atoms with E-state index >= 15 is 0 Å². The van der Waals surface area contributed by atoms with Crippen molar-refractivity contribution in [3.63, 3.8) is 0 Å². The van der Waals surface area contributed by atoms with Gasteiger partial charge >= 0.3 is 5.97 Å². The van der Waals surface area contributed by atoms with Gasteiger partial charge in [-0.25, -0.2) is 0 Å². The zero-order chi connectivity index (χ0) is 13.8. The van der Waals surface area contributed by atoms with E-state index in [1.807, 2.05) is 20.8 Å². The summed E-state index contributed by atoms with van der Waals surface area (Å²) in [5, 5.41) is 0. The lowest BCUT2D eigenvalue weighted by molar-refractivity contribution is -0.160. The van der Waals surface area contributed by atoms with Gasteiger partial charge in [0.25, 0.3) is 0 Å². The van der Waals surface area contributed by atoms with Crippen LogP contribution in [0, 0.1) is 5.92 Å². The van der Waals surface area contributed by atoms with Crippen LogP contribution in [-0.2, 0) is 9.53 Å². The second kappa shape index (κ2) is 6.55. The fourth-order valence-corrected chi connectivity index (χ4v) is 2.67. The molecule has 2 atom stereocenters. The Morgan fingerprint density at radius 1 is 1.44 bits per heavy atom. The van der Waals surface area contributed by atoms with Gasteiger partial charge in [0.1, 0.15) is 11.6 Å². The molecule has 1 saturated heterocycles. The minimum absolute atomic E-state index is 0.0106. The van der Waals surface area contributed by atoms with Gasteiger partial charge in [0, 0.05) is 6.54 Å². The first-order valence-corrected chi connectivity index (χ1v) is 7.30. The molecule has 0 saturated carbocycles. The Hall–Kier alpha value is -0.570. The Bertz CT molecular complexity index is 270. The molecule has 3 heteroatoms. The second-order valence-corrected chi connectivity index (χ2v) is 6.58. The summed E-state index contributed by atoms with van der Waals surface area (Å²) in [6.45, 7) is 12.4. The molecule has 0 aromatic rings. The van der Waals surface area contributed by atoms with Gasteiger partial charge in [-0.3, -0.25) is 9.69 Å². The average molecular weight is 255 g/mol. The van der Waals surface area contributed by atoms with Gasteiger partial charge in [-0.15, -0.1) is 0 Å². The van der Waals surface area contributed by atoms with Crippen LogP contribution in [0.5, 0.6) is 0 Å². The number of hydrogen-bond acceptors (Lipinski definition) is 3. The molecule has 0 radical (unpaired) electrons. The van der Waals surface area contributed by atoms with Crippen molar-refractivity contribution in [2.24, 2.45) is 5.92 Å². The van der Waals surface area contributed by atoms with Crippen molar-refractivity contribution in [2.75, 3.05) is 13.1 Å². The lowest BCUT2D eigenvalue weighted by atomic mass is 10.1. The smallest absolute Gasteiger partial charge is 0.323 e. The third kappa shape index (κ3) is 4.97. The van der Waals surface area contributed by atoms with Crippen LogP contribution in [-0.4, -0.2) is 35.6 Å². The molecule has 0 aromatic heterocycles. The predicted octanol–water partition coefficient (Wildman–Crippen LogP) is 3.23. The second-order valence-electron chi connectivity index (χ2n) is 6.58. The van der Waals surface area contributed by atoms with Crippen molar-refractivity contribution in [1.29, 1.82) is 0 Å². The van der Waals surface area contributed by atoms with E-state index in [1.165, 1.54) is 12.8 Å². The third-order valence-corrected chi connectivity index (χ3v) is 3.37. The molecule has 1 rings (SSSR count). The summed E-state index contributed by atoms with van der Waals surface area (Å²) in [6, 6.07) is -0.0106. The fourth-order valence-electron chi connectivity index (χ4n) is 2.67. The van der Waals surface area contributed by atoms with Crippen LogP contribution in [0.1, 0.15) is 60.3 Å². The Kier molecular flexibility index (Phi) is 5.64. The summed E-state index contributed by atoms with van der Waals surface area (Å²) < 4.78 is 5.51. The zero-order valence-electron chi connectivity index (χ0n) is 12.7. The van der Waals surface area contributed by atoms with Crippen molar-refractivity contribution in [3.05, 3.63) is 0 Å². The van der Waals surface area contributed by atoms with Crippen molar-refractivity contribution in [3.8, 4) is 0 Å². The minimum Gasteiger partial charge on any atom is -0.459 e. The van der Waals surface area contributed by atoms with Gasteiger partial charge in [-0.1, -0.05) is 20.3 Å². The highest BCUT2D eigenvalue weighted by Crippen LogP contribution is 2.23. The molecule has 0 aromatic carbocycles. The molecule has 1 aliphatic heterocycles. The number of ether oxygens (including phenoxy) is 1. The van der Waals surface area contributed by atoms with Crippen LogP contribution in [0.3, 0.4) is 0 Å². The van der Waals surface area contributed by atoms with Gasteiger partial charge in [-0.05, 0) is 52.5 Å². The molecule has 0 amide bonds. The summed E-state index contributed by atoms with van der Waals surface area (Å²) in [7, 11) is 0. The molecule has 1 aliphatic rings. The van der Waals surface area contributed by atoms with Crippen molar-refractivity contribution in [1.82, 2.24) is 4.90 Å². The number of rotatable bonds is 5. The van der Waals surface area contributed by atoms with Gasteiger partial charge in [-0.2, -0.15) is 0 Å². The average Bonchev–Trinajstić information content (AvgIpc) is 2.63. The highest BCUT2D eigenvalue weighted by Gasteiger charge is 2.34. The largest absolute Gasteiger partial charge is 0.459 e. The van der Waals surface area contributed by atoms with E-state index < -0.39 is 0 Å². The Morgan fingerprint density at radius 3 is 2.67 bits per heavy atom. The van der Waals surface area contributed by atoms with Crippen molar-refractivity contribution in [2.45, 2.75) is 71.9 Å². The molecule has 0 aliphatic carbocycles. The monoisotopic (exact) mass is 255 g/mol. The van der Waals surface area contributed by atoms with E-state index in [0.29, 0.717) is 5.92 Å². The van der Waals surface area contributed by atoms with E-state index in [1.54, 1.807) is 0 Å². The minimum atomic E-state index is -0.375. The van der Waals surface area contributed by atoms with Crippen LogP contribution in [0.25, 0.3) is 0 Å². The Morgan fingerprint density at radius 2 is 2.11 bits per heavy atom. The van der Waals surface area contributed by atoms with Crippen molar-refractivity contribution < 1.29 is 9.53 Å². The first-order chi connectivity index (χ1) is 8.33. The van der Waals surface area contributed by atoms with E-state index in [0.717, 1.165) is 25.9 Å². The molecule has 3 nitrogen and oxygen atoms in total. The topological polar surface area (TPSA) is 29.5 Å². The lowest BCUT2D eigenvalue weighted by Gasteiger charge is -2.29. The van der Waals surface area contributed by atoms with E-state index in [2.05, 4.69) is 18.7 Å². The third-order valence-electron chi connectivity index (χ3n) is 3.37. The standard InChI is InChI=1S/C15H29NO2/c1-6-8-12(2)11-16-10-7-9-13(16)14(17)18-15(3,4)5/h12-13H,6-11H2,1-5H3/t12?,13-/m1/s1. The highest BCUT2D eigenvalue weighted by atomic mass is 16.6. The maximum Gasteiger partial charge on any atom is 0.323 e. The fraction of sp³-hybridized carbons (Fsp3) is 0.933. The maximum absolute atomic E-state index is 12.1. The molecule has 18 heavy (non-hydrogen) atoms. The molecule has 0 bridgehead atoms. The number of carbonyl (C=O) groups excluding carboxylic acids is 1. The molecule has 1 heterocycles. The molecule has 1 unspecified atom stereocenters. The van der Waals surface area contributed by atoms with Gasteiger partial charge in [0.2, 0.25) is 0 Å².